The van der Waals surface area contributed by atoms with E-state index in [9.17, 15) is 0 Å². The van der Waals surface area contributed by atoms with E-state index in [2.05, 4.69) is 410 Å². The molecule has 0 N–H and O–H groups in total. The second kappa shape index (κ2) is 26.1. The van der Waals surface area contributed by atoms with Crippen molar-refractivity contribution in [2.24, 2.45) is 0 Å². The number of fused-ring (bicyclic) bond motifs is 9. The molecule has 0 atom stereocenters. The van der Waals surface area contributed by atoms with Crippen molar-refractivity contribution in [2.75, 3.05) is 19.6 Å². The number of furan rings is 2. The van der Waals surface area contributed by atoms with Crippen LogP contribution in [0.5, 0.6) is 0 Å². The summed E-state index contributed by atoms with van der Waals surface area (Å²) >= 11 is 0. The summed E-state index contributed by atoms with van der Waals surface area (Å²) in [5.74, 6) is 0. The molecule has 0 saturated heterocycles. The Morgan fingerprint density at radius 1 is 0.186 bits per heavy atom. The summed E-state index contributed by atoms with van der Waals surface area (Å²) in [6, 6.07) is 135. The van der Waals surface area contributed by atoms with E-state index in [1.54, 1.807) is 0 Å². The number of nitrogens with zero attached hydrogens (tertiary/aromatic N) is 4. The molecule has 6 heteroatoms. The van der Waals surface area contributed by atoms with Gasteiger partial charge in [-0.05, 0) is 203 Å². The predicted octanol–water partition coefficient (Wildman–Crippen LogP) is 27.8. The average molecular weight is 1310 g/mol. The van der Waals surface area contributed by atoms with Gasteiger partial charge in [0.2, 0.25) is 0 Å². The maximum atomic E-state index is 7.77. The summed E-state index contributed by atoms with van der Waals surface area (Å²) in [5, 5.41) is 5.90. The van der Waals surface area contributed by atoms with Crippen LogP contribution in [0, 0.1) is 13.8 Å². The Kier molecular flexibility index (Phi) is 15.6. The van der Waals surface area contributed by atoms with Crippen LogP contribution in [0.25, 0.3) is 99.2 Å². The summed E-state index contributed by atoms with van der Waals surface area (Å²) in [6.45, 7) is 4.27. The number of anilines is 12. The third-order valence-electron chi connectivity index (χ3n) is 19.7. The van der Waals surface area contributed by atoms with Gasteiger partial charge < -0.3 is 28.4 Å². The van der Waals surface area contributed by atoms with Crippen molar-refractivity contribution < 1.29 is 8.83 Å². The quantitative estimate of drug-likeness (QED) is 0.0960. The molecule has 0 spiro atoms. The van der Waals surface area contributed by atoms with Gasteiger partial charge in [0, 0.05) is 90.6 Å². The second-order valence-corrected chi connectivity index (χ2v) is 26.2. The van der Waals surface area contributed by atoms with E-state index in [1.807, 2.05) is 0 Å². The summed E-state index contributed by atoms with van der Waals surface area (Å²) in [5.41, 5.74) is 26.1. The highest BCUT2D eigenvalue weighted by atomic mass is 16.3. The third-order valence-corrected chi connectivity index (χ3v) is 19.7. The van der Waals surface area contributed by atoms with Gasteiger partial charge in [-0.2, -0.15) is 0 Å². The molecule has 0 aliphatic carbocycles. The molecule has 6 nitrogen and oxygen atoms in total. The molecule has 2 heterocycles. The standard InChI is InChI=1S/C96H68N4O2/c1-65-33-45-77(46-34-65)97(75-29-17-7-18-30-75)83-57-59-85-91(61-83)101-95-89(99(79-49-37-71(38-50-79)67-21-9-3-10-22-67)80-51-39-72(40-52-80)68-23-11-4-12-24-68)64-88-87(93(85)95)63-90(96-94(88)86-60-58-84(62-92(86)102-96)98(76-31-19-8-20-32-76)78-47-35-66(2)36-48-78)100(81-53-41-73(42-54-81)69-25-13-5-14-26-69)82-55-43-74(44-56-82)70-27-15-6-16-28-70/h3-64H,1-2H3. The van der Waals surface area contributed by atoms with Crippen molar-refractivity contribution in [3.63, 3.8) is 0 Å². The molecule has 0 fully saturated rings. The van der Waals surface area contributed by atoms with E-state index >= 15 is 0 Å². The lowest BCUT2D eigenvalue weighted by Crippen LogP contribution is -2.11. The first-order valence-electron chi connectivity index (χ1n) is 34.8. The highest BCUT2D eigenvalue weighted by Gasteiger charge is 2.30. The van der Waals surface area contributed by atoms with Crippen LogP contribution in [0.1, 0.15) is 11.1 Å². The van der Waals surface area contributed by atoms with E-state index in [0.717, 1.165) is 167 Å². The van der Waals surface area contributed by atoms with Crippen molar-refractivity contribution in [2.45, 2.75) is 13.8 Å². The molecular weight excluding hydrogens is 1240 g/mol. The lowest BCUT2D eigenvalue weighted by atomic mass is 9.95. The van der Waals surface area contributed by atoms with Gasteiger partial charge in [0.05, 0.1) is 11.4 Å². The Morgan fingerprint density at radius 2 is 0.412 bits per heavy atom. The third kappa shape index (κ3) is 11.3. The first-order valence-corrected chi connectivity index (χ1v) is 34.8. The van der Waals surface area contributed by atoms with Gasteiger partial charge in [-0.1, -0.05) is 242 Å². The van der Waals surface area contributed by atoms with Crippen LogP contribution < -0.4 is 19.6 Å². The van der Waals surface area contributed by atoms with Gasteiger partial charge in [0.15, 0.2) is 11.2 Å². The lowest BCUT2D eigenvalue weighted by molar-refractivity contribution is 0.668. The highest BCUT2D eigenvalue weighted by molar-refractivity contribution is 6.32. The number of hydrogen-bond acceptors (Lipinski definition) is 6. The first kappa shape index (κ1) is 61.0. The molecule has 0 amide bonds. The van der Waals surface area contributed by atoms with Crippen LogP contribution in [0.4, 0.5) is 68.2 Å². The summed E-state index contributed by atoms with van der Waals surface area (Å²) in [4.78, 5) is 9.39. The Balaban J connectivity index is 0.956. The maximum Gasteiger partial charge on any atom is 0.160 e. The molecule has 0 saturated carbocycles. The fourth-order valence-electron chi connectivity index (χ4n) is 14.7. The Bertz CT molecular complexity index is 5470. The minimum atomic E-state index is 0.735. The number of para-hydroxylation sites is 2. The molecular formula is C96H68N4O2. The van der Waals surface area contributed by atoms with E-state index in [4.69, 9.17) is 8.83 Å². The minimum Gasteiger partial charge on any atom is -0.454 e. The molecule has 18 rings (SSSR count). The van der Waals surface area contributed by atoms with Gasteiger partial charge in [-0.15, -0.1) is 0 Å². The fraction of sp³-hybridized carbons (Fsp3) is 0.0208. The largest absolute Gasteiger partial charge is 0.454 e. The van der Waals surface area contributed by atoms with Crippen molar-refractivity contribution in [3.8, 4) is 44.5 Å². The van der Waals surface area contributed by atoms with Crippen LogP contribution >= 0.6 is 0 Å². The van der Waals surface area contributed by atoms with E-state index < -0.39 is 0 Å². The van der Waals surface area contributed by atoms with Crippen LogP contribution in [0.2, 0.25) is 0 Å². The highest BCUT2D eigenvalue weighted by Crippen LogP contribution is 2.54. The molecule has 484 valence electrons. The summed E-state index contributed by atoms with van der Waals surface area (Å²) in [7, 11) is 0. The van der Waals surface area contributed by atoms with Gasteiger partial charge in [-0.25, -0.2) is 0 Å². The van der Waals surface area contributed by atoms with Crippen LogP contribution in [-0.4, -0.2) is 0 Å². The zero-order chi connectivity index (χ0) is 68.0. The molecule has 0 bridgehead atoms. The summed E-state index contributed by atoms with van der Waals surface area (Å²) < 4.78 is 15.5. The first-order chi connectivity index (χ1) is 50.4. The van der Waals surface area contributed by atoms with Crippen molar-refractivity contribution in [3.05, 3.63) is 387 Å². The van der Waals surface area contributed by atoms with Gasteiger partial charge in [-0.3, -0.25) is 0 Å². The molecule has 0 unspecified atom stereocenters. The van der Waals surface area contributed by atoms with Crippen LogP contribution in [0.15, 0.2) is 385 Å². The number of hydrogen-bond donors (Lipinski definition) is 0. The lowest BCUT2D eigenvalue weighted by Gasteiger charge is -2.28. The van der Waals surface area contributed by atoms with E-state index in [1.165, 1.54) is 11.1 Å². The smallest absolute Gasteiger partial charge is 0.160 e. The zero-order valence-corrected chi connectivity index (χ0v) is 56.4. The maximum absolute atomic E-state index is 7.77. The summed E-state index contributed by atoms with van der Waals surface area (Å²) in [6.07, 6.45) is 0. The fourth-order valence-corrected chi connectivity index (χ4v) is 14.7. The van der Waals surface area contributed by atoms with Gasteiger partial charge in [0.25, 0.3) is 0 Å². The normalized spacial score (nSPS) is 11.4. The van der Waals surface area contributed by atoms with Crippen molar-refractivity contribution in [1.82, 2.24) is 0 Å². The molecule has 0 aliphatic heterocycles. The predicted molar refractivity (Wildman–Crippen MR) is 428 cm³/mol. The van der Waals surface area contributed by atoms with Crippen molar-refractivity contribution >= 4 is 123 Å². The van der Waals surface area contributed by atoms with Crippen LogP contribution in [0.3, 0.4) is 0 Å². The second-order valence-electron chi connectivity index (χ2n) is 26.2. The van der Waals surface area contributed by atoms with E-state index in [0.29, 0.717) is 0 Å². The minimum absolute atomic E-state index is 0.735. The number of aryl methyl sites for hydroxylation is 2. The van der Waals surface area contributed by atoms with E-state index in [-0.39, 0.29) is 0 Å². The van der Waals surface area contributed by atoms with Crippen molar-refractivity contribution in [1.29, 1.82) is 0 Å². The molecule has 2 aromatic heterocycles. The average Bonchev–Trinajstić information content (AvgIpc) is 1.49. The number of rotatable bonds is 16. The number of benzene rings is 16. The molecule has 16 aromatic carbocycles. The Labute approximate surface area is 593 Å². The molecule has 102 heavy (non-hydrogen) atoms. The zero-order valence-electron chi connectivity index (χ0n) is 56.4. The van der Waals surface area contributed by atoms with Gasteiger partial charge >= 0.3 is 0 Å². The van der Waals surface area contributed by atoms with Crippen LogP contribution in [-0.2, 0) is 0 Å². The molecule has 18 aromatic rings. The molecule has 0 radical (unpaired) electrons. The topological polar surface area (TPSA) is 39.2 Å². The van der Waals surface area contributed by atoms with Gasteiger partial charge in [0.1, 0.15) is 11.2 Å². The molecule has 0 aliphatic rings. The Hall–Kier alpha value is -13.4. The Morgan fingerprint density at radius 3 is 0.696 bits per heavy atom. The monoisotopic (exact) mass is 1310 g/mol. The SMILES string of the molecule is Cc1ccc(N(c2ccccc2)c2ccc3c(c2)oc2c(N(c4ccc(-c5ccccc5)cc4)c4ccc(-c5ccccc5)cc4)cc4c(cc(N(c5ccc(-c6ccccc6)cc5)c5ccc(-c6ccccc6)cc5)c5oc6cc(N(c7ccccc7)c7ccc(C)cc7)ccc6c54)c23)cc1.